The monoisotopic (exact) mass is 338 g/mol. The van der Waals surface area contributed by atoms with Gasteiger partial charge >= 0.3 is 4.38 Å². The zero-order chi connectivity index (χ0) is 17.7. The zero-order valence-corrected chi connectivity index (χ0v) is 14.8. The van der Waals surface area contributed by atoms with Crippen LogP contribution in [0.1, 0.15) is 48.0 Å². The first-order chi connectivity index (χ1) is 9.17. The van der Waals surface area contributed by atoms with Crippen molar-refractivity contribution in [3.8, 4) is 0 Å². The normalized spacial score (nSPS) is 12.5. The van der Waals surface area contributed by atoms with Crippen molar-refractivity contribution in [3.05, 3.63) is 11.1 Å². The second-order valence-electron chi connectivity index (χ2n) is 5.74. The van der Waals surface area contributed by atoms with E-state index in [4.69, 9.17) is 11.1 Å². The molecule has 0 aromatic heterocycles. The van der Waals surface area contributed by atoms with E-state index >= 15 is 0 Å². The van der Waals surface area contributed by atoms with E-state index in [1.54, 1.807) is 6.92 Å². The zero-order valence-electron chi connectivity index (χ0n) is 13.2. The van der Waals surface area contributed by atoms with Gasteiger partial charge in [0, 0.05) is 0 Å². The van der Waals surface area contributed by atoms with E-state index < -0.39 is 33.5 Å². The van der Waals surface area contributed by atoms with Gasteiger partial charge in [-0.25, -0.2) is 16.8 Å². The molecule has 0 aromatic rings. The highest BCUT2D eigenvalue weighted by Crippen LogP contribution is 2.27. The van der Waals surface area contributed by atoms with Gasteiger partial charge in [-0.15, -0.1) is 4.79 Å². The summed E-state index contributed by atoms with van der Waals surface area (Å²) < 4.78 is 44.9. The van der Waals surface area contributed by atoms with Gasteiger partial charge in [-0.1, -0.05) is 6.92 Å². The molecule has 0 rings (SSSR count). The Balaban J connectivity index is 0. The van der Waals surface area contributed by atoms with Crippen LogP contribution in [-0.2, 0) is 19.7 Å². The summed E-state index contributed by atoms with van der Waals surface area (Å²) in [5.74, 6) is 0. The maximum Gasteiger partial charge on any atom is 0.496 e. The van der Waals surface area contributed by atoms with E-state index in [1.807, 2.05) is 0 Å². The molecule has 0 unspecified atom stereocenters. The molecule has 0 aliphatic rings. The average Bonchev–Trinajstić information content (AvgIpc) is 2.28. The molecule has 21 heavy (non-hydrogen) atoms. The molecule has 122 valence electrons. The molecule has 0 aromatic carbocycles. The summed E-state index contributed by atoms with van der Waals surface area (Å²) in [5.41, 5.74) is 15.9. The van der Waals surface area contributed by atoms with Crippen LogP contribution < -0.4 is 0 Å². The van der Waals surface area contributed by atoms with Gasteiger partial charge < -0.3 is 11.1 Å². The smallest absolute Gasteiger partial charge is 0.362 e. The quantitative estimate of drug-likeness (QED) is 0.324. The summed E-state index contributed by atoms with van der Waals surface area (Å²) in [4.78, 5) is 4.80. The third-order valence-corrected chi connectivity index (χ3v) is 8.68. The van der Waals surface area contributed by atoms with Crippen molar-refractivity contribution < 1.29 is 26.4 Å². The molecular formula is C11H22N4O4S2. The number of nitrogens with zero attached hydrogens (tertiary/aromatic N) is 4. The second-order valence-corrected chi connectivity index (χ2v) is 11.1. The highest BCUT2D eigenvalue weighted by molar-refractivity contribution is 8.31. The van der Waals surface area contributed by atoms with Gasteiger partial charge in [0.1, 0.15) is 0 Å². The minimum atomic E-state index is -4.23. The van der Waals surface area contributed by atoms with Gasteiger partial charge in [0.2, 0.25) is 6.72 Å². The first-order valence-corrected chi connectivity index (χ1v) is 8.95. The number of sulfone groups is 2. The fourth-order valence-electron chi connectivity index (χ4n) is 0.940. The van der Waals surface area contributed by atoms with Crippen molar-refractivity contribution >= 4 is 30.8 Å². The predicted octanol–water partition coefficient (Wildman–Crippen LogP) is 1.31. The minimum absolute atomic E-state index is 0.202. The molecule has 0 saturated carbocycles. The van der Waals surface area contributed by atoms with Crippen LogP contribution in [0.15, 0.2) is 0 Å². The molecular weight excluding hydrogens is 316 g/mol. The van der Waals surface area contributed by atoms with Gasteiger partial charge in [-0.2, -0.15) is 4.79 Å². The molecule has 8 nitrogen and oxygen atoms in total. The van der Waals surface area contributed by atoms with Crippen molar-refractivity contribution in [1.29, 1.82) is 0 Å². The topological polar surface area (TPSA) is 141 Å². The van der Waals surface area contributed by atoms with Gasteiger partial charge in [-0.05, 0) is 41.0 Å². The standard InChI is InChI=1S/C10H20N2O4S2.CH2N2/c1-7-10(5,6)18(15,16)8(12-11)17(13,14)9(2,3)4;1-3-2/h7H2,1-6H3;1H2. The third kappa shape index (κ3) is 4.57. The van der Waals surface area contributed by atoms with Crippen LogP contribution in [0.4, 0.5) is 0 Å². The highest BCUT2D eigenvalue weighted by atomic mass is 32.3. The maximum atomic E-state index is 12.2. The predicted molar refractivity (Wildman–Crippen MR) is 81.3 cm³/mol. The molecule has 0 spiro atoms. The summed E-state index contributed by atoms with van der Waals surface area (Å²) in [6.07, 6.45) is 0.202. The summed E-state index contributed by atoms with van der Waals surface area (Å²) in [6, 6.07) is 0. The van der Waals surface area contributed by atoms with Crippen LogP contribution in [0.25, 0.3) is 11.1 Å². The number of hydrogen-bond acceptors (Lipinski definition) is 4. The first-order valence-electron chi connectivity index (χ1n) is 5.98. The van der Waals surface area contributed by atoms with Crippen molar-refractivity contribution in [3.63, 3.8) is 0 Å². The van der Waals surface area contributed by atoms with Crippen LogP contribution in [0.2, 0.25) is 0 Å². The fraction of sp³-hybridized carbons (Fsp3) is 0.818. The molecule has 0 radical (unpaired) electrons. The Morgan fingerprint density at radius 1 is 1.00 bits per heavy atom. The van der Waals surface area contributed by atoms with E-state index in [0.717, 1.165) is 0 Å². The van der Waals surface area contributed by atoms with Crippen LogP contribution in [0.3, 0.4) is 0 Å². The summed E-state index contributed by atoms with van der Waals surface area (Å²) in [6.45, 7) is 11.1. The van der Waals surface area contributed by atoms with Crippen LogP contribution in [0.5, 0.6) is 0 Å². The molecule has 0 aliphatic carbocycles. The molecule has 0 amide bonds. The Labute approximate surface area is 126 Å². The van der Waals surface area contributed by atoms with E-state index in [9.17, 15) is 16.8 Å². The molecule has 10 heteroatoms. The number of hydrogen-bond donors (Lipinski definition) is 0. The Morgan fingerprint density at radius 3 is 1.52 bits per heavy atom. The Morgan fingerprint density at radius 2 is 1.33 bits per heavy atom. The molecule has 0 aliphatic heterocycles. The van der Waals surface area contributed by atoms with Crippen molar-refractivity contribution in [1.82, 2.24) is 0 Å². The van der Waals surface area contributed by atoms with Crippen molar-refractivity contribution in [2.24, 2.45) is 0 Å². The van der Waals surface area contributed by atoms with Gasteiger partial charge in [0.15, 0.2) is 0 Å². The Kier molecular flexibility index (Phi) is 7.41. The van der Waals surface area contributed by atoms with Crippen molar-refractivity contribution in [2.45, 2.75) is 57.5 Å². The fourth-order valence-corrected chi connectivity index (χ4v) is 5.11. The second kappa shape index (κ2) is 7.09. The van der Waals surface area contributed by atoms with Crippen LogP contribution >= 0.6 is 0 Å². The van der Waals surface area contributed by atoms with Crippen molar-refractivity contribution in [2.75, 3.05) is 0 Å². The third-order valence-electron chi connectivity index (χ3n) is 2.93. The summed E-state index contributed by atoms with van der Waals surface area (Å²) in [5, 5.41) is 0. The SMILES string of the molecule is C=[N+]=[N-].CCC(C)(C)S(=O)(=O)C(=[N+]=[N-])S(=O)(=O)C(C)(C)C. The molecule has 0 saturated heterocycles. The number of rotatable bonds is 2. The lowest BCUT2D eigenvalue weighted by atomic mass is 10.1. The molecule has 0 bridgehead atoms. The summed E-state index contributed by atoms with van der Waals surface area (Å²) >= 11 is 0. The Bertz CT molecular complexity index is 658. The largest absolute Gasteiger partial charge is 0.496 e. The lowest BCUT2D eigenvalue weighted by Crippen LogP contribution is -2.45. The van der Waals surface area contributed by atoms with E-state index in [1.165, 1.54) is 34.6 Å². The van der Waals surface area contributed by atoms with Crippen LogP contribution in [0, 0.1) is 0 Å². The molecule has 0 fully saturated rings. The molecule has 0 heterocycles. The lowest BCUT2D eigenvalue weighted by Gasteiger charge is -2.22. The first kappa shape index (κ1) is 21.9. The molecule has 0 atom stereocenters. The maximum absolute atomic E-state index is 12.2. The van der Waals surface area contributed by atoms with E-state index in [2.05, 4.69) is 16.3 Å². The van der Waals surface area contributed by atoms with Gasteiger partial charge in [0.05, 0.1) is 9.49 Å². The molecule has 0 N–H and O–H groups in total. The lowest BCUT2D eigenvalue weighted by molar-refractivity contribution is 0.00348. The van der Waals surface area contributed by atoms with Crippen LogP contribution in [-0.4, -0.2) is 47.0 Å². The van der Waals surface area contributed by atoms with Gasteiger partial charge in [-0.3, -0.25) is 0 Å². The minimum Gasteiger partial charge on any atom is -0.362 e. The van der Waals surface area contributed by atoms with Gasteiger partial charge in [0.25, 0.3) is 19.7 Å². The average molecular weight is 338 g/mol. The van der Waals surface area contributed by atoms with E-state index in [0.29, 0.717) is 0 Å². The highest BCUT2D eigenvalue weighted by Gasteiger charge is 2.54. The summed E-state index contributed by atoms with van der Waals surface area (Å²) in [7, 11) is -8.46. The van der Waals surface area contributed by atoms with E-state index in [-0.39, 0.29) is 6.42 Å². The Hall–Kier alpha value is -1.34.